The van der Waals surface area contributed by atoms with Crippen LogP contribution < -0.4 is 0 Å². The van der Waals surface area contributed by atoms with Crippen molar-refractivity contribution in [2.75, 3.05) is 0 Å². The summed E-state index contributed by atoms with van der Waals surface area (Å²) in [4.78, 5) is 4.82. The molecule has 0 aliphatic rings. The minimum atomic E-state index is 0.702. The maximum atomic E-state index is 6.24. The van der Waals surface area contributed by atoms with E-state index in [1.54, 1.807) is 0 Å². The minimum absolute atomic E-state index is 0.702. The zero-order valence-electron chi connectivity index (χ0n) is 13.8. The molecule has 3 aromatic carbocycles. The fourth-order valence-corrected chi connectivity index (χ4v) is 3.46. The van der Waals surface area contributed by atoms with E-state index >= 15 is 0 Å². The molecule has 124 valence electrons. The molecular weight excluding hydrogens is 342 g/mol. The normalized spacial score (nSPS) is 11.3. The summed E-state index contributed by atoms with van der Waals surface area (Å²) in [6, 6.07) is 28.2. The Balaban J connectivity index is 1.80. The molecule has 0 saturated carbocycles. The molecule has 0 saturated heterocycles. The second-order valence-corrected chi connectivity index (χ2v) is 6.67. The Kier molecular flexibility index (Phi) is 3.51. The zero-order chi connectivity index (χ0) is 17.5. The summed E-state index contributed by atoms with van der Waals surface area (Å²) in [5.41, 5.74) is 4.79. The van der Waals surface area contributed by atoms with Crippen molar-refractivity contribution in [1.29, 1.82) is 0 Å². The molecule has 5 rings (SSSR count). The van der Waals surface area contributed by atoms with Gasteiger partial charge in [-0.2, -0.15) is 0 Å². The van der Waals surface area contributed by atoms with Crippen LogP contribution in [0.25, 0.3) is 44.5 Å². The van der Waals surface area contributed by atoms with Crippen LogP contribution in [0.4, 0.5) is 0 Å². The first-order chi connectivity index (χ1) is 12.8. The van der Waals surface area contributed by atoms with Gasteiger partial charge in [0.1, 0.15) is 11.3 Å². The number of benzene rings is 3. The van der Waals surface area contributed by atoms with Crippen LogP contribution in [0, 0.1) is 0 Å². The molecular formula is C23H14ClNO. The number of aromatic nitrogens is 1. The minimum Gasteiger partial charge on any atom is -0.454 e. The number of pyridine rings is 1. The zero-order valence-corrected chi connectivity index (χ0v) is 14.6. The molecule has 2 heterocycles. The molecule has 0 fully saturated rings. The van der Waals surface area contributed by atoms with Gasteiger partial charge in [-0.1, -0.05) is 60.1 Å². The lowest BCUT2D eigenvalue weighted by Gasteiger charge is -2.09. The summed E-state index contributed by atoms with van der Waals surface area (Å²) in [5.74, 6) is 0.764. The van der Waals surface area contributed by atoms with Crippen LogP contribution in [0.1, 0.15) is 0 Å². The third kappa shape index (κ3) is 2.56. The highest BCUT2D eigenvalue weighted by molar-refractivity contribution is 6.31. The second kappa shape index (κ2) is 6.01. The Morgan fingerprint density at radius 2 is 1.58 bits per heavy atom. The summed E-state index contributed by atoms with van der Waals surface area (Å²) in [6.07, 6.45) is 0. The van der Waals surface area contributed by atoms with Crippen LogP contribution in [0.5, 0.6) is 0 Å². The molecule has 0 spiro atoms. The first-order valence-electron chi connectivity index (χ1n) is 8.43. The molecule has 3 heteroatoms. The van der Waals surface area contributed by atoms with Gasteiger partial charge in [-0.15, -0.1) is 0 Å². The summed E-state index contributed by atoms with van der Waals surface area (Å²) < 4.78 is 6.03. The van der Waals surface area contributed by atoms with Crippen LogP contribution in [-0.2, 0) is 0 Å². The Morgan fingerprint density at radius 1 is 0.769 bits per heavy atom. The van der Waals surface area contributed by atoms with Gasteiger partial charge in [-0.05, 0) is 47.5 Å². The molecule has 5 aromatic rings. The topological polar surface area (TPSA) is 26.0 Å². The van der Waals surface area contributed by atoms with E-state index in [2.05, 4.69) is 18.2 Å². The van der Waals surface area contributed by atoms with Gasteiger partial charge in [0.15, 0.2) is 5.76 Å². The van der Waals surface area contributed by atoms with E-state index in [1.165, 1.54) is 0 Å². The largest absolute Gasteiger partial charge is 0.454 e. The van der Waals surface area contributed by atoms with Crippen molar-refractivity contribution in [2.24, 2.45) is 0 Å². The Morgan fingerprint density at radius 3 is 2.42 bits per heavy atom. The maximum Gasteiger partial charge on any atom is 0.153 e. The lowest BCUT2D eigenvalue weighted by Crippen LogP contribution is -1.89. The second-order valence-electron chi connectivity index (χ2n) is 6.23. The van der Waals surface area contributed by atoms with Gasteiger partial charge in [0.25, 0.3) is 0 Å². The van der Waals surface area contributed by atoms with Crippen LogP contribution >= 0.6 is 11.6 Å². The molecule has 0 aliphatic carbocycles. The van der Waals surface area contributed by atoms with E-state index in [1.807, 2.05) is 66.7 Å². The number of rotatable bonds is 2. The van der Waals surface area contributed by atoms with Gasteiger partial charge in [-0.3, -0.25) is 0 Å². The van der Waals surface area contributed by atoms with Crippen molar-refractivity contribution in [3.05, 3.63) is 90.0 Å². The fraction of sp³-hybridized carbons (Fsp3) is 0. The monoisotopic (exact) mass is 355 g/mol. The highest BCUT2D eigenvalue weighted by atomic mass is 35.5. The summed E-state index contributed by atoms with van der Waals surface area (Å²) >= 11 is 6.24. The highest BCUT2D eigenvalue weighted by Crippen LogP contribution is 2.35. The lowest BCUT2D eigenvalue weighted by molar-refractivity contribution is 0.629. The van der Waals surface area contributed by atoms with E-state index in [0.717, 1.165) is 44.5 Å². The molecule has 0 N–H and O–H groups in total. The third-order valence-corrected chi connectivity index (χ3v) is 4.77. The maximum absolute atomic E-state index is 6.24. The molecule has 26 heavy (non-hydrogen) atoms. The van der Waals surface area contributed by atoms with Crippen molar-refractivity contribution in [1.82, 2.24) is 4.98 Å². The number of hydrogen-bond acceptors (Lipinski definition) is 2. The van der Waals surface area contributed by atoms with Crippen molar-refractivity contribution >= 4 is 33.5 Å². The van der Waals surface area contributed by atoms with Gasteiger partial charge in [-0.25, -0.2) is 4.98 Å². The van der Waals surface area contributed by atoms with Gasteiger partial charge in [0, 0.05) is 15.8 Å². The van der Waals surface area contributed by atoms with E-state index < -0.39 is 0 Å². The number of para-hydroxylation sites is 1. The van der Waals surface area contributed by atoms with E-state index in [4.69, 9.17) is 21.0 Å². The van der Waals surface area contributed by atoms with E-state index in [-0.39, 0.29) is 0 Å². The number of halogens is 1. The van der Waals surface area contributed by atoms with Crippen molar-refractivity contribution in [3.8, 4) is 22.6 Å². The molecule has 0 bridgehead atoms. The molecule has 0 aliphatic heterocycles. The third-order valence-electron chi connectivity index (χ3n) is 4.53. The molecule has 2 aromatic heterocycles. The van der Waals surface area contributed by atoms with Crippen LogP contribution in [-0.4, -0.2) is 4.98 Å². The molecule has 0 unspecified atom stereocenters. The number of nitrogens with zero attached hydrogens (tertiary/aromatic N) is 1. The number of furan rings is 1. The average molecular weight is 356 g/mol. The fourth-order valence-electron chi connectivity index (χ4n) is 3.29. The molecule has 0 atom stereocenters. The van der Waals surface area contributed by atoms with E-state index in [9.17, 15) is 0 Å². The molecule has 0 amide bonds. The predicted octanol–water partition coefficient (Wildman–Crippen LogP) is 6.97. The first-order valence-corrected chi connectivity index (χ1v) is 8.80. The quantitative estimate of drug-likeness (QED) is 0.342. The van der Waals surface area contributed by atoms with Gasteiger partial charge in [0.05, 0.1) is 5.52 Å². The average Bonchev–Trinajstić information content (AvgIpc) is 3.12. The van der Waals surface area contributed by atoms with Crippen LogP contribution in [0.15, 0.2) is 89.3 Å². The van der Waals surface area contributed by atoms with Crippen LogP contribution in [0.2, 0.25) is 5.02 Å². The molecule has 0 radical (unpaired) electrons. The Labute approximate surface area is 155 Å². The number of hydrogen-bond donors (Lipinski definition) is 0. The van der Waals surface area contributed by atoms with Gasteiger partial charge < -0.3 is 4.42 Å². The Hall–Kier alpha value is -3.10. The van der Waals surface area contributed by atoms with Gasteiger partial charge in [0.2, 0.25) is 0 Å². The summed E-state index contributed by atoms with van der Waals surface area (Å²) in [5, 5.41) is 2.80. The SMILES string of the molecule is Clc1ccc2nc(-c3cc4ccccc4o3)cc(-c3ccccc3)c2c1. The first kappa shape index (κ1) is 15.2. The van der Waals surface area contributed by atoms with E-state index in [0.29, 0.717) is 5.02 Å². The smallest absolute Gasteiger partial charge is 0.153 e. The van der Waals surface area contributed by atoms with Crippen LogP contribution in [0.3, 0.4) is 0 Å². The standard InChI is InChI=1S/C23H14ClNO/c24-17-10-11-20-19(13-17)18(15-6-2-1-3-7-15)14-21(25-20)23-12-16-8-4-5-9-22(16)26-23/h1-14H. The number of fused-ring (bicyclic) bond motifs is 2. The van der Waals surface area contributed by atoms with Crippen molar-refractivity contribution in [3.63, 3.8) is 0 Å². The van der Waals surface area contributed by atoms with Crippen molar-refractivity contribution in [2.45, 2.75) is 0 Å². The predicted molar refractivity (Wildman–Crippen MR) is 107 cm³/mol. The summed E-state index contributed by atoms with van der Waals surface area (Å²) in [7, 11) is 0. The Bertz CT molecular complexity index is 1210. The highest BCUT2D eigenvalue weighted by Gasteiger charge is 2.13. The van der Waals surface area contributed by atoms with Gasteiger partial charge >= 0.3 is 0 Å². The lowest BCUT2D eigenvalue weighted by atomic mass is 9.99. The van der Waals surface area contributed by atoms with Crippen molar-refractivity contribution < 1.29 is 4.42 Å². The molecule has 2 nitrogen and oxygen atoms in total. The summed E-state index contributed by atoms with van der Waals surface area (Å²) in [6.45, 7) is 0.